The molecule has 2 N–H and O–H groups in total. The third-order valence-electron chi connectivity index (χ3n) is 2.63. The molecule has 1 fully saturated rings. The van der Waals surface area contributed by atoms with Crippen molar-refractivity contribution in [2.45, 2.75) is 50.9 Å². The standard InChI is InChI=1S/C10H19NO3/c1-10(2,13)9(12)11-7-5-4-6-8(7)14-3/h7-8,13H,4-6H2,1-3H3,(H,11,12). The van der Waals surface area contributed by atoms with Crippen molar-refractivity contribution in [3.05, 3.63) is 0 Å². The second-order valence-corrected chi connectivity index (χ2v) is 4.34. The van der Waals surface area contributed by atoms with E-state index in [1.807, 2.05) is 0 Å². The average Bonchev–Trinajstić information content (AvgIpc) is 2.50. The van der Waals surface area contributed by atoms with Crippen LogP contribution in [0.2, 0.25) is 0 Å². The van der Waals surface area contributed by atoms with Gasteiger partial charge < -0.3 is 15.2 Å². The zero-order valence-electron chi connectivity index (χ0n) is 9.04. The molecular weight excluding hydrogens is 182 g/mol. The highest BCUT2D eigenvalue weighted by molar-refractivity contribution is 5.84. The van der Waals surface area contributed by atoms with Crippen LogP contribution in [-0.2, 0) is 9.53 Å². The highest BCUT2D eigenvalue weighted by Gasteiger charge is 2.32. The molecule has 4 nitrogen and oxygen atoms in total. The molecule has 1 aliphatic rings. The molecule has 1 amide bonds. The monoisotopic (exact) mass is 201 g/mol. The SMILES string of the molecule is COC1CCCC1NC(=O)C(C)(C)O. The van der Waals surface area contributed by atoms with Crippen molar-refractivity contribution in [3.63, 3.8) is 0 Å². The number of rotatable bonds is 3. The molecular formula is C10H19NO3. The summed E-state index contributed by atoms with van der Waals surface area (Å²) in [5.41, 5.74) is -1.30. The van der Waals surface area contributed by atoms with Gasteiger partial charge in [0.25, 0.3) is 5.91 Å². The largest absolute Gasteiger partial charge is 0.381 e. The molecule has 2 unspecified atom stereocenters. The first-order valence-corrected chi connectivity index (χ1v) is 5.01. The topological polar surface area (TPSA) is 58.6 Å². The predicted molar refractivity (Wildman–Crippen MR) is 52.9 cm³/mol. The molecule has 0 spiro atoms. The highest BCUT2D eigenvalue weighted by Crippen LogP contribution is 2.21. The predicted octanol–water partition coefficient (Wildman–Crippen LogP) is 0.441. The summed E-state index contributed by atoms with van der Waals surface area (Å²) in [7, 11) is 1.65. The summed E-state index contributed by atoms with van der Waals surface area (Å²) in [6.07, 6.45) is 3.07. The lowest BCUT2D eigenvalue weighted by Crippen LogP contribution is -2.49. The summed E-state index contributed by atoms with van der Waals surface area (Å²) in [5, 5.41) is 12.3. The van der Waals surface area contributed by atoms with Crippen LogP contribution in [0.1, 0.15) is 33.1 Å². The maximum atomic E-state index is 11.5. The molecule has 82 valence electrons. The third kappa shape index (κ3) is 2.69. The first kappa shape index (κ1) is 11.5. The number of hydrogen-bond acceptors (Lipinski definition) is 3. The molecule has 1 aliphatic carbocycles. The van der Waals surface area contributed by atoms with Gasteiger partial charge in [0.05, 0.1) is 12.1 Å². The number of amides is 1. The maximum absolute atomic E-state index is 11.5. The van der Waals surface area contributed by atoms with E-state index in [0.29, 0.717) is 0 Å². The van der Waals surface area contributed by atoms with Crippen LogP contribution in [0.5, 0.6) is 0 Å². The molecule has 0 aromatic heterocycles. The molecule has 4 heteroatoms. The minimum absolute atomic E-state index is 0.0546. The minimum Gasteiger partial charge on any atom is -0.381 e. The van der Waals surface area contributed by atoms with Gasteiger partial charge in [-0.1, -0.05) is 0 Å². The van der Waals surface area contributed by atoms with Gasteiger partial charge in [-0.15, -0.1) is 0 Å². The van der Waals surface area contributed by atoms with Crippen molar-refractivity contribution in [2.24, 2.45) is 0 Å². The van der Waals surface area contributed by atoms with E-state index >= 15 is 0 Å². The van der Waals surface area contributed by atoms with Crippen LogP contribution in [0.15, 0.2) is 0 Å². The van der Waals surface area contributed by atoms with Crippen molar-refractivity contribution >= 4 is 5.91 Å². The van der Waals surface area contributed by atoms with Crippen molar-refractivity contribution < 1.29 is 14.6 Å². The lowest BCUT2D eigenvalue weighted by molar-refractivity contribution is -0.138. The minimum atomic E-state index is -1.30. The van der Waals surface area contributed by atoms with E-state index in [1.165, 1.54) is 13.8 Å². The zero-order chi connectivity index (χ0) is 10.8. The molecule has 14 heavy (non-hydrogen) atoms. The Bertz CT molecular complexity index is 210. The maximum Gasteiger partial charge on any atom is 0.251 e. The van der Waals surface area contributed by atoms with Crippen molar-refractivity contribution in [2.75, 3.05) is 7.11 Å². The fourth-order valence-electron chi connectivity index (χ4n) is 1.72. The fourth-order valence-corrected chi connectivity index (χ4v) is 1.72. The van der Waals surface area contributed by atoms with Gasteiger partial charge in [0, 0.05) is 7.11 Å². The number of methoxy groups -OCH3 is 1. The Balaban J connectivity index is 2.48. The average molecular weight is 201 g/mol. The van der Waals surface area contributed by atoms with Crippen molar-refractivity contribution in [1.82, 2.24) is 5.32 Å². The Morgan fingerprint density at radius 3 is 2.64 bits per heavy atom. The first-order chi connectivity index (χ1) is 6.45. The van der Waals surface area contributed by atoms with E-state index in [1.54, 1.807) is 7.11 Å². The van der Waals surface area contributed by atoms with Crippen LogP contribution in [-0.4, -0.2) is 35.9 Å². The van der Waals surface area contributed by atoms with E-state index in [9.17, 15) is 9.90 Å². The lowest BCUT2D eigenvalue weighted by Gasteiger charge is -2.24. The Kier molecular flexibility index (Phi) is 3.50. The summed E-state index contributed by atoms with van der Waals surface area (Å²) >= 11 is 0. The van der Waals surface area contributed by atoms with E-state index < -0.39 is 5.60 Å². The van der Waals surface area contributed by atoms with Gasteiger partial charge >= 0.3 is 0 Å². The lowest BCUT2D eigenvalue weighted by atomic mass is 10.1. The fraction of sp³-hybridized carbons (Fsp3) is 0.900. The Morgan fingerprint density at radius 2 is 2.14 bits per heavy atom. The Hall–Kier alpha value is -0.610. The highest BCUT2D eigenvalue weighted by atomic mass is 16.5. The van der Waals surface area contributed by atoms with Gasteiger partial charge in [-0.25, -0.2) is 0 Å². The molecule has 0 bridgehead atoms. The van der Waals surface area contributed by atoms with E-state index in [0.717, 1.165) is 19.3 Å². The van der Waals surface area contributed by atoms with Crippen LogP contribution < -0.4 is 5.32 Å². The van der Waals surface area contributed by atoms with Crippen LogP contribution >= 0.6 is 0 Å². The molecule has 1 rings (SSSR count). The van der Waals surface area contributed by atoms with E-state index in [2.05, 4.69) is 5.32 Å². The van der Waals surface area contributed by atoms with Gasteiger partial charge in [-0.05, 0) is 33.1 Å². The van der Waals surface area contributed by atoms with Crippen LogP contribution in [0, 0.1) is 0 Å². The molecule has 1 saturated carbocycles. The second kappa shape index (κ2) is 4.28. The summed E-state index contributed by atoms with van der Waals surface area (Å²) in [4.78, 5) is 11.5. The number of ether oxygens (including phenoxy) is 1. The van der Waals surface area contributed by atoms with Crippen molar-refractivity contribution in [3.8, 4) is 0 Å². The molecule has 0 aromatic carbocycles. The van der Waals surface area contributed by atoms with Gasteiger partial charge in [0.1, 0.15) is 5.60 Å². The van der Waals surface area contributed by atoms with Gasteiger partial charge in [-0.2, -0.15) is 0 Å². The summed E-state index contributed by atoms with van der Waals surface area (Å²) in [5.74, 6) is -0.327. The van der Waals surface area contributed by atoms with E-state index in [-0.39, 0.29) is 18.1 Å². The molecule has 0 saturated heterocycles. The molecule has 0 radical (unpaired) electrons. The third-order valence-corrected chi connectivity index (χ3v) is 2.63. The quantitative estimate of drug-likeness (QED) is 0.696. The van der Waals surface area contributed by atoms with Gasteiger partial charge in [0.2, 0.25) is 0 Å². The molecule has 2 atom stereocenters. The number of aliphatic hydroxyl groups is 1. The van der Waals surface area contributed by atoms with Crippen LogP contribution in [0.3, 0.4) is 0 Å². The number of carbonyl (C=O) groups excluding carboxylic acids is 1. The first-order valence-electron chi connectivity index (χ1n) is 5.01. The smallest absolute Gasteiger partial charge is 0.251 e. The van der Waals surface area contributed by atoms with Crippen LogP contribution in [0.25, 0.3) is 0 Å². The number of nitrogens with one attached hydrogen (secondary N) is 1. The normalized spacial score (nSPS) is 27.7. The zero-order valence-corrected chi connectivity index (χ0v) is 9.04. The van der Waals surface area contributed by atoms with E-state index in [4.69, 9.17) is 4.74 Å². The second-order valence-electron chi connectivity index (χ2n) is 4.34. The van der Waals surface area contributed by atoms with Crippen molar-refractivity contribution in [1.29, 1.82) is 0 Å². The Morgan fingerprint density at radius 1 is 1.50 bits per heavy atom. The Labute approximate surface area is 84.6 Å². The number of hydrogen-bond donors (Lipinski definition) is 2. The molecule has 0 aromatic rings. The van der Waals surface area contributed by atoms with Gasteiger partial charge in [0.15, 0.2) is 0 Å². The molecule has 0 heterocycles. The van der Waals surface area contributed by atoms with Crippen LogP contribution in [0.4, 0.5) is 0 Å². The summed E-state index contributed by atoms with van der Waals surface area (Å²) in [6.45, 7) is 2.97. The molecule has 0 aliphatic heterocycles. The number of carbonyl (C=O) groups is 1. The summed E-state index contributed by atoms with van der Waals surface area (Å²) < 4.78 is 5.24. The van der Waals surface area contributed by atoms with Gasteiger partial charge in [-0.3, -0.25) is 4.79 Å². The summed E-state index contributed by atoms with van der Waals surface area (Å²) in [6, 6.07) is 0.0546.